The molecule has 0 unspecified atom stereocenters. The molecule has 0 bridgehead atoms. The van der Waals surface area contributed by atoms with Crippen LogP contribution in [0.15, 0.2) is 49.1 Å². The minimum Gasteiger partial charge on any atom is -0.397 e. The van der Waals surface area contributed by atoms with E-state index in [0.717, 1.165) is 16.7 Å². The van der Waals surface area contributed by atoms with E-state index in [-0.39, 0.29) is 0 Å². The number of benzene rings is 2. The quantitative estimate of drug-likeness (QED) is 0.215. The molecular weight excluding hydrogens is 378 g/mol. The summed E-state index contributed by atoms with van der Waals surface area (Å²) in [5, 5.41) is 4.43. The molecule has 0 amide bonds. The monoisotopic (exact) mass is 389 g/mol. The van der Waals surface area contributed by atoms with E-state index in [1.54, 1.807) is 29.2 Å². The molecule has 0 aliphatic carbocycles. The van der Waals surface area contributed by atoms with Crippen LogP contribution < -0.4 is 10.1 Å². The second kappa shape index (κ2) is 8.66. The average Bonchev–Trinajstić information content (AvgIpc) is 3.16. The summed E-state index contributed by atoms with van der Waals surface area (Å²) in [4.78, 5) is 11.5. The van der Waals surface area contributed by atoms with Crippen molar-refractivity contribution in [1.82, 2.24) is 14.8 Å². The van der Waals surface area contributed by atoms with Crippen molar-refractivity contribution in [2.75, 3.05) is 0 Å². The molecule has 0 aliphatic rings. The van der Waals surface area contributed by atoms with Gasteiger partial charge in [-0.1, -0.05) is 35.9 Å². The number of hydrogen-bond donors (Lipinski definition) is 1. The minimum atomic E-state index is 0.359. The molecule has 132 valence electrons. The fourth-order valence-corrected chi connectivity index (χ4v) is 2.86. The lowest BCUT2D eigenvalue weighted by molar-refractivity contribution is -0.199. The zero-order valence-corrected chi connectivity index (χ0v) is 14.8. The molecular formula is C16H12ClN5O3S. The van der Waals surface area contributed by atoms with E-state index >= 15 is 0 Å². The molecule has 2 aromatic carbocycles. The Morgan fingerprint density at radius 1 is 1.27 bits per heavy atom. The van der Waals surface area contributed by atoms with Crippen LogP contribution in [0.3, 0.4) is 0 Å². The zero-order valence-electron chi connectivity index (χ0n) is 13.2. The molecule has 8 nitrogen and oxygen atoms in total. The van der Waals surface area contributed by atoms with E-state index in [0.29, 0.717) is 35.3 Å². The van der Waals surface area contributed by atoms with E-state index in [4.69, 9.17) is 28.3 Å². The largest absolute Gasteiger partial charge is 0.397 e. The molecule has 10 heteroatoms. The van der Waals surface area contributed by atoms with Crippen LogP contribution >= 0.6 is 23.9 Å². The van der Waals surface area contributed by atoms with Crippen LogP contribution in [0.1, 0.15) is 5.56 Å². The van der Waals surface area contributed by atoms with Crippen molar-refractivity contribution in [1.29, 1.82) is 0 Å². The van der Waals surface area contributed by atoms with Gasteiger partial charge in [-0.15, -0.1) is 9.32 Å². The zero-order chi connectivity index (χ0) is 18.4. The first-order valence-corrected chi connectivity index (χ1v) is 8.25. The lowest BCUT2D eigenvalue weighted by Gasteiger charge is -2.10. The summed E-state index contributed by atoms with van der Waals surface area (Å²) in [5.74, 6) is 5.10. The van der Waals surface area contributed by atoms with Crippen LogP contribution in [0.25, 0.3) is 16.0 Å². The van der Waals surface area contributed by atoms with Gasteiger partial charge in [0.25, 0.3) is 12.3 Å². The molecule has 0 aliphatic heterocycles. The van der Waals surface area contributed by atoms with Gasteiger partial charge in [-0.2, -0.15) is 11.0 Å². The SMILES string of the molecule is [C-]#[N+]c1cc(Cn2cncn2)ccc1-c1ccc(OSOON)c(Cl)c1. The number of nitrogens with zero attached hydrogens (tertiary/aromatic N) is 4. The van der Waals surface area contributed by atoms with E-state index < -0.39 is 0 Å². The van der Waals surface area contributed by atoms with Gasteiger partial charge in [-0.25, -0.2) is 14.5 Å². The van der Waals surface area contributed by atoms with Gasteiger partial charge >= 0.3 is 0 Å². The number of halogens is 1. The molecule has 1 aromatic heterocycles. The summed E-state index contributed by atoms with van der Waals surface area (Å²) in [6, 6.07) is 10.8. The Morgan fingerprint density at radius 2 is 2.15 bits per heavy atom. The van der Waals surface area contributed by atoms with Gasteiger partial charge in [0.15, 0.2) is 11.4 Å². The van der Waals surface area contributed by atoms with Crippen LogP contribution in [0.4, 0.5) is 5.69 Å². The normalized spacial score (nSPS) is 10.5. The molecule has 3 rings (SSSR count). The molecule has 0 spiro atoms. The first-order valence-electron chi connectivity index (χ1n) is 7.20. The lowest BCUT2D eigenvalue weighted by atomic mass is 10.0. The summed E-state index contributed by atoms with van der Waals surface area (Å²) < 4.78 is 11.2. The summed E-state index contributed by atoms with van der Waals surface area (Å²) in [5.41, 5.74) is 3.03. The van der Waals surface area contributed by atoms with E-state index in [2.05, 4.69) is 24.2 Å². The van der Waals surface area contributed by atoms with Crippen molar-refractivity contribution >= 4 is 29.6 Å². The van der Waals surface area contributed by atoms with E-state index in [1.807, 2.05) is 18.2 Å². The van der Waals surface area contributed by atoms with Crippen molar-refractivity contribution in [3.8, 4) is 16.9 Å². The van der Waals surface area contributed by atoms with Gasteiger partial charge in [0, 0.05) is 0 Å². The maximum Gasteiger partial charge on any atom is 0.260 e. The molecule has 0 saturated heterocycles. The summed E-state index contributed by atoms with van der Waals surface area (Å²) in [6.45, 7) is 8.01. The molecule has 26 heavy (non-hydrogen) atoms. The fourth-order valence-electron chi connectivity index (χ4n) is 2.32. The topological polar surface area (TPSA) is 88.8 Å². The number of rotatable bonds is 7. The Bertz CT molecular complexity index is 930. The van der Waals surface area contributed by atoms with Gasteiger partial charge < -0.3 is 4.18 Å². The van der Waals surface area contributed by atoms with Crippen LogP contribution in [0, 0.1) is 6.57 Å². The molecule has 3 aromatic rings. The van der Waals surface area contributed by atoms with Gasteiger partial charge in [0.05, 0.1) is 18.1 Å². The highest BCUT2D eigenvalue weighted by Gasteiger charge is 2.11. The van der Waals surface area contributed by atoms with Crippen LogP contribution in [-0.2, 0) is 15.9 Å². The molecule has 0 saturated carbocycles. The number of aromatic nitrogens is 3. The molecule has 2 N–H and O–H groups in total. The first-order chi connectivity index (χ1) is 12.7. The predicted molar refractivity (Wildman–Crippen MR) is 96.9 cm³/mol. The second-order valence-corrected chi connectivity index (χ2v) is 5.86. The van der Waals surface area contributed by atoms with E-state index in [1.165, 1.54) is 6.33 Å². The molecule has 0 atom stereocenters. The number of hydrogen-bond acceptors (Lipinski definition) is 7. The van der Waals surface area contributed by atoms with Crippen LogP contribution in [0.2, 0.25) is 5.02 Å². The van der Waals surface area contributed by atoms with Gasteiger partial charge in [-0.3, -0.25) is 0 Å². The maximum atomic E-state index is 7.48. The predicted octanol–water partition coefficient (Wildman–Crippen LogP) is 3.96. The van der Waals surface area contributed by atoms with Crippen molar-refractivity contribution in [2.24, 2.45) is 5.90 Å². The summed E-state index contributed by atoms with van der Waals surface area (Å²) in [6.07, 6.45) is 3.10. The van der Waals surface area contributed by atoms with Crippen LogP contribution in [0.5, 0.6) is 5.75 Å². The Labute approximate surface area is 158 Å². The highest BCUT2D eigenvalue weighted by molar-refractivity contribution is 7.90. The van der Waals surface area contributed by atoms with E-state index in [9.17, 15) is 0 Å². The Morgan fingerprint density at radius 3 is 2.85 bits per heavy atom. The maximum absolute atomic E-state index is 7.48. The third kappa shape index (κ3) is 4.32. The summed E-state index contributed by atoms with van der Waals surface area (Å²) in [7, 11) is 0. The molecule has 0 radical (unpaired) electrons. The van der Waals surface area contributed by atoms with Gasteiger partial charge in [0.1, 0.15) is 12.7 Å². The van der Waals surface area contributed by atoms with Gasteiger partial charge in [-0.05, 0) is 28.8 Å². The highest BCUT2D eigenvalue weighted by atomic mass is 35.5. The van der Waals surface area contributed by atoms with Crippen molar-refractivity contribution in [2.45, 2.75) is 6.54 Å². The van der Waals surface area contributed by atoms with Crippen molar-refractivity contribution in [3.05, 3.63) is 71.1 Å². The molecule has 0 fully saturated rings. The van der Waals surface area contributed by atoms with Gasteiger partial charge in [0.2, 0.25) is 0 Å². The minimum absolute atomic E-state index is 0.359. The Hall–Kier alpha value is -2.61. The third-order valence-corrected chi connectivity index (χ3v) is 4.10. The second-order valence-electron chi connectivity index (χ2n) is 5.02. The Kier molecular flexibility index (Phi) is 6.06. The Balaban J connectivity index is 1.84. The first kappa shape index (κ1) is 18.2. The van der Waals surface area contributed by atoms with Crippen molar-refractivity contribution in [3.63, 3.8) is 0 Å². The third-order valence-electron chi connectivity index (χ3n) is 3.43. The smallest absolute Gasteiger partial charge is 0.260 e. The average molecular weight is 390 g/mol. The standard InChI is InChI=1S/C16H12ClN5O3S/c1-19-15-6-11(8-22-10-20-9-21-22)2-4-13(15)12-3-5-16(14(17)7-12)23-26-25-24-18/h2-7,9-10H,8,18H2. The highest BCUT2D eigenvalue weighted by Crippen LogP contribution is 2.36. The molecule has 1 heterocycles. The number of nitrogens with two attached hydrogens (primary N) is 1. The van der Waals surface area contributed by atoms with Crippen LogP contribution in [-0.4, -0.2) is 14.8 Å². The van der Waals surface area contributed by atoms with Crippen molar-refractivity contribution < 1.29 is 13.5 Å². The summed E-state index contributed by atoms with van der Waals surface area (Å²) >= 11 is 6.76. The fraction of sp³-hybridized carbons (Fsp3) is 0.0625. The lowest BCUT2D eigenvalue weighted by Crippen LogP contribution is -1.99.